The van der Waals surface area contributed by atoms with Gasteiger partial charge in [0.05, 0.1) is 5.69 Å². The van der Waals surface area contributed by atoms with Crippen molar-refractivity contribution in [3.63, 3.8) is 0 Å². The summed E-state index contributed by atoms with van der Waals surface area (Å²) in [6.45, 7) is 0. The quantitative estimate of drug-likeness (QED) is 0.549. The van der Waals surface area contributed by atoms with Crippen LogP contribution < -0.4 is 5.32 Å². The van der Waals surface area contributed by atoms with E-state index >= 15 is 0 Å². The largest absolute Gasteiger partial charge is 0.325 e. The summed E-state index contributed by atoms with van der Waals surface area (Å²) in [5, 5.41) is 15.4. The number of para-hydroxylation sites is 1. The van der Waals surface area contributed by atoms with Gasteiger partial charge in [0.15, 0.2) is 0 Å². The molecule has 3 rings (SSSR count). The van der Waals surface area contributed by atoms with Gasteiger partial charge in [-0.15, -0.1) is 0 Å². The Bertz CT molecular complexity index is 702. The van der Waals surface area contributed by atoms with E-state index in [9.17, 15) is 0 Å². The molecule has 2 aromatic carbocycles. The molecule has 0 saturated heterocycles. The molecule has 0 aliphatic heterocycles. The molecule has 1 heterocycles. The zero-order valence-corrected chi connectivity index (χ0v) is 10.8. The minimum Gasteiger partial charge on any atom is -0.325 e. The monoisotopic (exact) mass is 262 g/mol. The first-order valence-electron chi connectivity index (χ1n) is 6.35. The smallest absolute Gasteiger partial charge is 0.220 e. The third kappa shape index (κ3) is 2.59. The molecule has 0 aliphatic rings. The van der Waals surface area contributed by atoms with Gasteiger partial charge in [0.2, 0.25) is 5.96 Å². The predicted octanol–water partition coefficient (Wildman–Crippen LogP) is 3.45. The Morgan fingerprint density at radius 1 is 0.900 bits per heavy atom. The second kappa shape index (κ2) is 5.40. The van der Waals surface area contributed by atoms with E-state index in [0.717, 1.165) is 16.9 Å². The van der Waals surface area contributed by atoms with Crippen LogP contribution in [-0.2, 0) is 0 Å². The molecule has 1 aromatic heterocycles. The molecule has 2 N–H and O–H groups in total. The van der Waals surface area contributed by atoms with Crippen molar-refractivity contribution in [2.45, 2.75) is 0 Å². The van der Waals surface area contributed by atoms with Gasteiger partial charge in [0.25, 0.3) is 0 Å². The highest BCUT2D eigenvalue weighted by Gasteiger charge is 2.05. The summed E-state index contributed by atoms with van der Waals surface area (Å²) in [5.41, 5.74) is 2.76. The maximum atomic E-state index is 8.03. The first-order chi connectivity index (χ1) is 9.83. The molecule has 4 heteroatoms. The lowest BCUT2D eigenvalue weighted by Gasteiger charge is -2.07. The van der Waals surface area contributed by atoms with E-state index in [4.69, 9.17) is 5.41 Å². The Labute approximate surface area is 117 Å². The number of nitrogens with one attached hydrogen (secondary N) is 2. The zero-order chi connectivity index (χ0) is 13.8. The molecule has 0 unspecified atom stereocenters. The van der Waals surface area contributed by atoms with Crippen LogP contribution in [0.2, 0.25) is 0 Å². The molecular weight excluding hydrogens is 248 g/mol. The van der Waals surface area contributed by atoms with Crippen molar-refractivity contribution in [3.05, 3.63) is 72.9 Å². The number of hydrogen-bond donors (Lipinski definition) is 2. The van der Waals surface area contributed by atoms with Crippen LogP contribution >= 0.6 is 0 Å². The third-order valence-electron chi connectivity index (χ3n) is 2.92. The lowest BCUT2D eigenvalue weighted by atomic mass is 10.2. The van der Waals surface area contributed by atoms with Gasteiger partial charge < -0.3 is 5.32 Å². The highest BCUT2D eigenvalue weighted by molar-refractivity contribution is 5.92. The standard InChI is InChI=1S/C16H14N4/c17-16(18-14-9-5-2-6-10-14)20-12-11-15(19-20)13-7-3-1-4-8-13/h1-12H,(H2,17,18). The Hall–Kier alpha value is -2.88. The van der Waals surface area contributed by atoms with Gasteiger partial charge in [0.1, 0.15) is 0 Å². The molecule has 0 atom stereocenters. The van der Waals surface area contributed by atoms with Crippen LogP contribution in [0.3, 0.4) is 0 Å². The second-order valence-electron chi connectivity index (χ2n) is 4.35. The number of benzene rings is 2. The van der Waals surface area contributed by atoms with Crippen LogP contribution in [-0.4, -0.2) is 15.7 Å². The first-order valence-corrected chi connectivity index (χ1v) is 6.35. The van der Waals surface area contributed by atoms with E-state index in [1.54, 1.807) is 6.20 Å². The molecule has 98 valence electrons. The van der Waals surface area contributed by atoms with Gasteiger partial charge >= 0.3 is 0 Å². The Kier molecular flexibility index (Phi) is 3.29. The Morgan fingerprint density at radius 2 is 1.55 bits per heavy atom. The normalized spacial score (nSPS) is 10.2. The lowest BCUT2D eigenvalue weighted by molar-refractivity contribution is 0.924. The highest BCUT2D eigenvalue weighted by atomic mass is 15.4. The molecule has 0 spiro atoms. The molecule has 3 aromatic rings. The van der Waals surface area contributed by atoms with E-state index in [0.29, 0.717) is 0 Å². The van der Waals surface area contributed by atoms with Crippen molar-refractivity contribution in [1.82, 2.24) is 9.78 Å². The fourth-order valence-corrected chi connectivity index (χ4v) is 1.93. The number of nitrogens with zero attached hydrogens (tertiary/aromatic N) is 2. The number of anilines is 1. The second-order valence-corrected chi connectivity index (χ2v) is 4.35. The summed E-state index contributed by atoms with van der Waals surface area (Å²) >= 11 is 0. The minimum absolute atomic E-state index is 0.221. The summed E-state index contributed by atoms with van der Waals surface area (Å²) in [5.74, 6) is 0.221. The van der Waals surface area contributed by atoms with Crippen LogP contribution in [0.1, 0.15) is 0 Å². The van der Waals surface area contributed by atoms with Crippen molar-refractivity contribution in [2.75, 3.05) is 5.32 Å². The van der Waals surface area contributed by atoms with Crippen LogP contribution in [0.5, 0.6) is 0 Å². The first kappa shape index (κ1) is 12.2. The number of aromatic nitrogens is 2. The fraction of sp³-hybridized carbons (Fsp3) is 0. The third-order valence-corrected chi connectivity index (χ3v) is 2.92. The molecule has 0 radical (unpaired) electrons. The van der Waals surface area contributed by atoms with E-state index in [1.165, 1.54) is 4.68 Å². The van der Waals surface area contributed by atoms with Crippen LogP contribution in [0.25, 0.3) is 11.3 Å². The summed E-state index contributed by atoms with van der Waals surface area (Å²) in [4.78, 5) is 0. The Morgan fingerprint density at radius 3 is 2.25 bits per heavy atom. The van der Waals surface area contributed by atoms with Gasteiger partial charge in [-0.3, -0.25) is 5.41 Å². The topological polar surface area (TPSA) is 53.7 Å². The molecule has 0 fully saturated rings. The van der Waals surface area contributed by atoms with Crippen LogP contribution in [0.4, 0.5) is 5.69 Å². The van der Waals surface area contributed by atoms with Gasteiger partial charge in [-0.1, -0.05) is 48.5 Å². The van der Waals surface area contributed by atoms with Crippen molar-refractivity contribution in [1.29, 1.82) is 5.41 Å². The van der Waals surface area contributed by atoms with E-state index in [-0.39, 0.29) is 5.96 Å². The fourth-order valence-electron chi connectivity index (χ4n) is 1.93. The lowest BCUT2D eigenvalue weighted by Crippen LogP contribution is -2.20. The Balaban J connectivity index is 1.79. The van der Waals surface area contributed by atoms with Gasteiger partial charge in [-0.2, -0.15) is 5.10 Å². The summed E-state index contributed by atoms with van der Waals surface area (Å²) in [6.07, 6.45) is 1.78. The zero-order valence-electron chi connectivity index (χ0n) is 10.8. The van der Waals surface area contributed by atoms with E-state index < -0.39 is 0 Å². The molecule has 0 bridgehead atoms. The van der Waals surface area contributed by atoms with Crippen LogP contribution in [0.15, 0.2) is 72.9 Å². The van der Waals surface area contributed by atoms with Crippen molar-refractivity contribution < 1.29 is 0 Å². The average Bonchev–Trinajstić information content (AvgIpc) is 2.99. The average molecular weight is 262 g/mol. The molecular formula is C16H14N4. The van der Waals surface area contributed by atoms with E-state index in [2.05, 4.69) is 10.4 Å². The SMILES string of the molecule is N=C(Nc1ccccc1)n1ccc(-c2ccccc2)n1. The number of hydrogen-bond acceptors (Lipinski definition) is 2. The molecule has 0 aliphatic carbocycles. The van der Waals surface area contributed by atoms with Crippen LogP contribution in [0, 0.1) is 5.41 Å². The minimum atomic E-state index is 0.221. The number of rotatable bonds is 2. The maximum Gasteiger partial charge on any atom is 0.220 e. The van der Waals surface area contributed by atoms with Crippen molar-refractivity contribution >= 4 is 11.6 Å². The molecule has 4 nitrogen and oxygen atoms in total. The molecule has 0 amide bonds. The van der Waals surface area contributed by atoms with Crippen molar-refractivity contribution in [2.24, 2.45) is 0 Å². The highest BCUT2D eigenvalue weighted by Crippen LogP contribution is 2.15. The maximum absolute atomic E-state index is 8.03. The molecule has 20 heavy (non-hydrogen) atoms. The van der Waals surface area contributed by atoms with Gasteiger partial charge in [0, 0.05) is 17.4 Å². The molecule has 0 saturated carbocycles. The van der Waals surface area contributed by atoms with E-state index in [1.807, 2.05) is 66.7 Å². The predicted molar refractivity (Wildman–Crippen MR) is 80.9 cm³/mol. The summed E-state index contributed by atoms with van der Waals surface area (Å²) < 4.78 is 1.52. The summed E-state index contributed by atoms with van der Waals surface area (Å²) in [7, 11) is 0. The van der Waals surface area contributed by atoms with Gasteiger partial charge in [-0.25, -0.2) is 4.68 Å². The summed E-state index contributed by atoms with van der Waals surface area (Å²) in [6, 6.07) is 21.4. The van der Waals surface area contributed by atoms with Gasteiger partial charge in [-0.05, 0) is 18.2 Å². The van der Waals surface area contributed by atoms with Crippen molar-refractivity contribution in [3.8, 4) is 11.3 Å².